The van der Waals surface area contributed by atoms with Crippen LogP contribution in [0.15, 0.2) is 24.3 Å². The second-order valence-corrected chi connectivity index (χ2v) is 5.00. The first-order valence-corrected chi connectivity index (χ1v) is 5.57. The number of likely N-dealkylation sites (N-methyl/N-ethyl adjacent to an activating group) is 1. The molecule has 2 N–H and O–H groups in total. The number of nitrogens with zero attached hydrogens (tertiary/aromatic N) is 1. The summed E-state index contributed by atoms with van der Waals surface area (Å²) < 4.78 is 21.8. The Bertz CT molecular complexity index is 316. The van der Waals surface area contributed by atoms with E-state index in [0.717, 1.165) is 0 Å². The maximum atomic E-state index is 10.9. The van der Waals surface area contributed by atoms with Gasteiger partial charge in [0.25, 0.3) is 0 Å². The predicted molar refractivity (Wildman–Crippen MR) is 52.7 cm³/mol. The van der Waals surface area contributed by atoms with Crippen LogP contribution in [0.4, 0.5) is 0 Å². The molecule has 0 radical (unpaired) electrons. The highest BCUT2D eigenvalue weighted by Crippen LogP contribution is 2.11. The van der Waals surface area contributed by atoms with Crippen molar-refractivity contribution in [2.45, 2.75) is 11.3 Å². The van der Waals surface area contributed by atoms with E-state index in [2.05, 4.69) is 0 Å². The molecule has 0 unspecified atom stereocenters. The van der Waals surface area contributed by atoms with Gasteiger partial charge < -0.3 is 0 Å². The topological polar surface area (TPSA) is 63.4 Å². The molecular formula is C8H14N2O2S. The largest absolute Gasteiger partial charge is 0.300 e. The van der Waals surface area contributed by atoms with Gasteiger partial charge in [-0.25, -0.2) is 13.6 Å². The third-order valence-electron chi connectivity index (χ3n) is 1.97. The summed E-state index contributed by atoms with van der Waals surface area (Å²) in [7, 11) is 0.387. The molecule has 1 aliphatic rings. The van der Waals surface area contributed by atoms with Crippen LogP contribution in [0, 0.1) is 0 Å². The van der Waals surface area contributed by atoms with Gasteiger partial charge in [0, 0.05) is 6.04 Å². The van der Waals surface area contributed by atoms with Gasteiger partial charge in [0.2, 0.25) is 10.0 Å². The lowest BCUT2D eigenvalue weighted by molar-refractivity contribution is 0.389. The third kappa shape index (κ3) is 2.65. The van der Waals surface area contributed by atoms with E-state index < -0.39 is 15.3 Å². The number of hydrogen-bond acceptors (Lipinski definition) is 3. The van der Waals surface area contributed by atoms with Gasteiger partial charge in [0.15, 0.2) is 0 Å². The minimum absolute atomic E-state index is 0.165. The van der Waals surface area contributed by atoms with Crippen LogP contribution in [0.2, 0.25) is 0 Å². The average Bonchev–Trinajstić information content (AvgIpc) is 2.03. The molecule has 13 heavy (non-hydrogen) atoms. The van der Waals surface area contributed by atoms with Crippen molar-refractivity contribution in [3.05, 3.63) is 24.3 Å². The van der Waals surface area contributed by atoms with Crippen LogP contribution in [-0.4, -0.2) is 38.7 Å². The predicted octanol–water partition coefficient (Wildman–Crippen LogP) is -0.300. The van der Waals surface area contributed by atoms with E-state index in [1.165, 1.54) is 0 Å². The summed E-state index contributed by atoms with van der Waals surface area (Å²) >= 11 is 0. The molecule has 5 heteroatoms. The molecule has 0 aromatic carbocycles. The monoisotopic (exact) mass is 202 g/mol. The molecule has 0 aliphatic heterocycles. The number of rotatable bonds is 2. The van der Waals surface area contributed by atoms with Crippen molar-refractivity contribution in [2.75, 3.05) is 14.1 Å². The summed E-state index contributed by atoms with van der Waals surface area (Å²) in [4.78, 5) is 1.98. The molecule has 0 fully saturated rings. The van der Waals surface area contributed by atoms with E-state index >= 15 is 0 Å². The van der Waals surface area contributed by atoms with Gasteiger partial charge >= 0.3 is 0 Å². The first-order chi connectivity index (χ1) is 5.91. The highest BCUT2D eigenvalue weighted by molar-refractivity contribution is 7.90. The quantitative estimate of drug-likeness (QED) is 0.625. The van der Waals surface area contributed by atoms with Crippen molar-refractivity contribution in [3.8, 4) is 0 Å². The van der Waals surface area contributed by atoms with Crippen LogP contribution in [-0.2, 0) is 10.0 Å². The van der Waals surface area contributed by atoms with Crippen LogP contribution in [0.3, 0.4) is 0 Å². The molecule has 0 heterocycles. The van der Waals surface area contributed by atoms with Crippen LogP contribution < -0.4 is 5.14 Å². The van der Waals surface area contributed by atoms with Crippen LogP contribution in [0.1, 0.15) is 0 Å². The highest BCUT2D eigenvalue weighted by atomic mass is 32.2. The fraction of sp³-hybridized carbons (Fsp3) is 0.500. The summed E-state index contributed by atoms with van der Waals surface area (Å²) in [5.74, 6) is 0. The van der Waals surface area contributed by atoms with Crippen LogP contribution in [0.5, 0.6) is 0 Å². The molecule has 74 valence electrons. The standard InChI is InChI=1S/C8H14N2O2S/c1-10(2)7-3-5-8(6-4-7)13(9,11)12/h3-8H,1-2H3,(H2,9,11,12). The van der Waals surface area contributed by atoms with Gasteiger partial charge in [-0.15, -0.1) is 0 Å². The summed E-state index contributed by atoms with van der Waals surface area (Å²) in [6.45, 7) is 0. The molecule has 0 aromatic rings. The summed E-state index contributed by atoms with van der Waals surface area (Å²) in [6, 6.07) is 0.165. The molecule has 0 amide bonds. The molecular weight excluding hydrogens is 188 g/mol. The van der Waals surface area contributed by atoms with Gasteiger partial charge in [-0.05, 0) is 14.1 Å². The van der Waals surface area contributed by atoms with Gasteiger partial charge in [0.1, 0.15) is 5.25 Å². The fourth-order valence-corrected chi connectivity index (χ4v) is 1.76. The first-order valence-electron chi connectivity index (χ1n) is 3.96. The van der Waals surface area contributed by atoms with Crippen molar-refractivity contribution in [1.82, 2.24) is 4.90 Å². The van der Waals surface area contributed by atoms with Gasteiger partial charge in [0.05, 0.1) is 0 Å². The zero-order valence-corrected chi connectivity index (χ0v) is 8.53. The van der Waals surface area contributed by atoms with Gasteiger partial charge in [-0.3, -0.25) is 4.90 Å². The van der Waals surface area contributed by atoms with E-state index in [4.69, 9.17) is 5.14 Å². The smallest absolute Gasteiger partial charge is 0.219 e. The Hall–Kier alpha value is -0.650. The molecule has 0 spiro atoms. The normalized spacial score (nSPS) is 28.3. The highest BCUT2D eigenvalue weighted by Gasteiger charge is 2.19. The van der Waals surface area contributed by atoms with Gasteiger partial charge in [-0.2, -0.15) is 0 Å². The van der Waals surface area contributed by atoms with Crippen LogP contribution >= 0.6 is 0 Å². The van der Waals surface area contributed by atoms with E-state index in [0.29, 0.717) is 0 Å². The fourth-order valence-electron chi connectivity index (χ4n) is 1.14. The zero-order valence-electron chi connectivity index (χ0n) is 7.71. The lowest BCUT2D eigenvalue weighted by Gasteiger charge is -2.21. The molecule has 1 aliphatic carbocycles. The van der Waals surface area contributed by atoms with E-state index in [1.807, 2.05) is 31.1 Å². The van der Waals surface area contributed by atoms with Gasteiger partial charge in [-0.1, -0.05) is 24.3 Å². The molecule has 0 atom stereocenters. The Morgan fingerprint density at radius 1 is 1.15 bits per heavy atom. The number of nitrogens with two attached hydrogens (primary N) is 1. The number of sulfonamides is 1. The minimum Gasteiger partial charge on any atom is -0.300 e. The van der Waals surface area contributed by atoms with Crippen molar-refractivity contribution in [2.24, 2.45) is 5.14 Å². The Morgan fingerprint density at radius 3 is 1.92 bits per heavy atom. The second kappa shape index (κ2) is 3.61. The number of hydrogen-bond donors (Lipinski definition) is 1. The molecule has 0 bridgehead atoms. The van der Waals surface area contributed by atoms with Crippen molar-refractivity contribution in [1.29, 1.82) is 0 Å². The molecule has 1 rings (SSSR count). The molecule has 0 saturated heterocycles. The third-order valence-corrected chi connectivity index (χ3v) is 3.04. The second-order valence-electron chi connectivity index (χ2n) is 3.28. The SMILES string of the molecule is CN(C)C1C=CC(S(N)(=O)=O)C=C1. The van der Waals surface area contributed by atoms with E-state index in [-0.39, 0.29) is 6.04 Å². The van der Waals surface area contributed by atoms with E-state index in [1.54, 1.807) is 12.2 Å². The first kappa shape index (κ1) is 10.4. The minimum atomic E-state index is -3.47. The zero-order chi connectivity index (χ0) is 10.1. The Morgan fingerprint density at radius 2 is 1.62 bits per heavy atom. The lowest BCUT2D eigenvalue weighted by atomic mass is 10.1. The Labute approximate surface area is 78.8 Å². The summed E-state index contributed by atoms with van der Waals surface area (Å²) in [5, 5.41) is 4.32. The van der Waals surface area contributed by atoms with E-state index in [9.17, 15) is 8.42 Å². The van der Waals surface area contributed by atoms with Crippen LogP contribution in [0.25, 0.3) is 0 Å². The lowest BCUT2D eigenvalue weighted by Crippen LogP contribution is -2.31. The van der Waals surface area contributed by atoms with Crippen molar-refractivity contribution < 1.29 is 8.42 Å². The van der Waals surface area contributed by atoms with Crippen molar-refractivity contribution in [3.63, 3.8) is 0 Å². The maximum absolute atomic E-state index is 10.9. The summed E-state index contributed by atoms with van der Waals surface area (Å²) in [6.07, 6.45) is 6.88. The molecule has 4 nitrogen and oxygen atoms in total. The Balaban J connectivity index is 2.75. The molecule has 0 aromatic heterocycles. The molecule has 0 saturated carbocycles. The summed E-state index contributed by atoms with van der Waals surface area (Å²) in [5.41, 5.74) is 0. The number of primary sulfonamides is 1. The van der Waals surface area contributed by atoms with Crippen molar-refractivity contribution >= 4 is 10.0 Å². The maximum Gasteiger partial charge on any atom is 0.219 e. The average molecular weight is 202 g/mol. The Kier molecular flexibility index (Phi) is 2.90.